The average Bonchev–Trinajstić information content (AvgIpc) is 2.41. The molecule has 0 fully saturated rings. The Morgan fingerprint density at radius 3 is 2.45 bits per heavy atom. The number of aliphatic hydroxyl groups is 2. The van der Waals surface area contributed by atoms with E-state index in [9.17, 15) is 9.59 Å². The molecule has 110 valence electrons. The summed E-state index contributed by atoms with van der Waals surface area (Å²) >= 11 is 0. The molecule has 0 aromatic heterocycles. The Labute approximate surface area is 116 Å². The smallest absolute Gasteiger partial charge is 0.338 e. The SMILES string of the molecule is CCCCc1c(C(=O)O)cccc1C(=O)OCC(O)O. The molecule has 20 heavy (non-hydrogen) atoms. The fourth-order valence-corrected chi connectivity index (χ4v) is 1.83. The van der Waals surface area contributed by atoms with Gasteiger partial charge in [0, 0.05) is 0 Å². The minimum atomic E-state index is -1.75. The lowest BCUT2D eigenvalue weighted by atomic mass is 9.96. The van der Waals surface area contributed by atoms with Gasteiger partial charge in [0.25, 0.3) is 0 Å². The normalized spacial score (nSPS) is 10.6. The number of carbonyl (C=O) groups excluding carboxylic acids is 1. The molecular formula is C14H18O6. The Balaban J connectivity index is 3.07. The van der Waals surface area contributed by atoms with Gasteiger partial charge in [0.05, 0.1) is 11.1 Å². The van der Waals surface area contributed by atoms with Gasteiger partial charge in [-0.1, -0.05) is 19.4 Å². The van der Waals surface area contributed by atoms with Crippen LogP contribution in [0.15, 0.2) is 18.2 Å². The number of rotatable bonds is 7. The highest BCUT2D eigenvalue weighted by Crippen LogP contribution is 2.19. The number of unbranched alkanes of at least 4 members (excludes halogenated alkanes) is 1. The number of hydrogen-bond acceptors (Lipinski definition) is 5. The van der Waals surface area contributed by atoms with Gasteiger partial charge in [-0.2, -0.15) is 0 Å². The molecule has 6 nitrogen and oxygen atoms in total. The topological polar surface area (TPSA) is 104 Å². The summed E-state index contributed by atoms with van der Waals surface area (Å²) in [6.45, 7) is 1.41. The second-order valence-electron chi connectivity index (χ2n) is 4.32. The first-order valence-corrected chi connectivity index (χ1v) is 6.35. The van der Waals surface area contributed by atoms with Crippen molar-refractivity contribution in [3.8, 4) is 0 Å². The minimum Gasteiger partial charge on any atom is -0.478 e. The first-order valence-electron chi connectivity index (χ1n) is 6.35. The van der Waals surface area contributed by atoms with Crippen LogP contribution in [0.4, 0.5) is 0 Å². The summed E-state index contributed by atoms with van der Waals surface area (Å²) in [6.07, 6.45) is 0.302. The van der Waals surface area contributed by atoms with E-state index in [4.69, 9.17) is 20.1 Å². The number of hydrogen-bond donors (Lipinski definition) is 3. The van der Waals surface area contributed by atoms with Crippen molar-refractivity contribution in [1.82, 2.24) is 0 Å². The van der Waals surface area contributed by atoms with Crippen LogP contribution < -0.4 is 0 Å². The minimum absolute atomic E-state index is 0.0671. The van der Waals surface area contributed by atoms with E-state index >= 15 is 0 Å². The Bertz CT molecular complexity index is 481. The Morgan fingerprint density at radius 1 is 1.25 bits per heavy atom. The Kier molecular flexibility index (Phi) is 6.14. The van der Waals surface area contributed by atoms with Crippen molar-refractivity contribution in [2.24, 2.45) is 0 Å². The summed E-state index contributed by atoms with van der Waals surface area (Å²) in [5.41, 5.74) is 0.635. The molecule has 0 radical (unpaired) electrons. The first-order chi connectivity index (χ1) is 9.47. The van der Waals surface area contributed by atoms with Crippen molar-refractivity contribution in [3.63, 3.8) is 0 Å². The number of ether oxygens (including phenoxy) is 1. The molecule has 0 amide bonds. The zero-order valence-electron chi connectivity index (χ0n) is 11.2. The van der Waals surface area contributed by atoms with Gasteiger partial charge in [0.15, 0.2) is 6.29 Å². The van der Waals surface area contributed by atoms with Gasteiger partial charge in [-0.3, -0.25) is 0 Å². The molecule has 0 aliphatic heterocycles. The molecule has 3 N–H and O–H groups in total. The standard InChI is InChI=1S/C14H18O6/c1-2-3-5-9-10(13(17)18)6-4-7-11(9)14(19)20-8-12(15)16/h4,6-7,12,15-16H,2-3,5,8H2,1H3,(H,17,18). The van der Waals surface area contributed by atoms with Crippen molar-refractivity contribution in [3.05, 3.63) is 34.9 Å². The number of carboxylic acids is 1. The van der Waals surface area contributed by atoms with Crippen LogP contribution in [0.5, 0.6) is 0 Å². The van der Waals surface area contributed by atoms with E-state index in [1.165, 1.54) is 18.2 Å². The third-order valence-corrected chi connectivity index (χ3v) is 2.77. The molecule has 1 aromatic carbocycles. The summed E-state index contributed by atoms with van der Waals surface area (Å²) in [5.74, 6) is -1.86. The van der Waals surface area contributed by atoms with Crippen molar-refractivity contribution in [1.29, 1.82) is 0 Å². The van der Waals surface area contributed by atoms with Crippen LogP contribution >= 0.6 is 0 Å². The zero-order valence-corrected chi connectivity index (χ0v) is 11.2. The fraction of sp³-hybridized carbons (Fsp3) is 0.429. The molecule has 0 bridgehead atoms. The molecule has 0 saturated heterocycles. The van der Waals surface area contributed by atoms with E-state index in [1.807, 2.05) is 6.92 Å². The van der Waals surface area contributed by atoms with Gasteiger partial charge in [-0.05, 0) is 30.5 Å². The lowest BCUT2D eigenvalue weighted by Gasteiger charge is -2.12. The summed E-state index contributed by atoms with van der Waals surface area (Å²) in [6, 6.07) is 4.37. The maximum absolute atomic E-state index is 11.9. The largest absolute Gasteiger partial charge is 0.478 e. The van der Waals surface area contributed by atoms with Gasteiger partial charge >= 0.3 is 11.9 Å². The maximum Gasteiger partial charge on any atom is 0.338 e. The van der Waals surface area contributed by atoms with Crippen LogP contribution in [-0.2, 0) is 11.2 Å². The Hall–Kier alpha value is -1.92. The van der Waals surface area contributed by atoms with Crippen molar-refractivity contribution >= 4 is 11.9 Å². The lowest BCUT2D eigenvalue weighted by Crippen LogP contribution is -2.19. The highest BCUT2D eigenvalue weighted by Gasteiger charge is 2.19. The van der Waals surface area contributed by atoms with Gasteiger partial charge in [-0.25, -0.2) is 9.59 Å². The van der Waals surface area contributed by atoms with Crippen molar-refractivity contribution in [2.75, 3.05) is 6.61 Å². The van der Waals surface area contributed by atoms with E-state index in [2.05, 4.69) is 0 Å². The van der Waals surface area contributed by atoms with Crippen LogP contribution in [0.3, 0.4) is 0 Å². The third kappa shape index (κ3) is 4.32. The highest BCUT2D eigenvalue weighted by atomic mass is 16.6. The van der Waals surface area contributed by atoms with Gasteiger partial charge < -0.3 is 20.1 Å². The van der Waals surface area contributed by atoms with Crippen LogP contribution in [-0.4, -0.2) is 40.2 Å². The van der Waals surface area contributed by atoms with Gasteiger partial charge in [0.1, 0.15) is 6.61 Å². The number of aliphatic hydroxyl groups excluding tert-OH is 1. The molecule has 0 aliphatic rings. The zero-order chi connectivity index (χ0) is 15.1. The monoisotopic (exact) mass is 282 g/mol. The quantitative estimate of drug-likeness (QED) is 0.512. The summed E-state index contributed by atoms with van der Waals surface area (Å²) in [7, 11) is 0. The number of esters is 1. The molecule has 0 heterocycles. The molecule has 0 unspecified atom stereocenters. The van der Waals surface area contributed by atoms with E-state index in [0.29, 0.717) is 12.0 Å². The summed E-state index contributed by atoms with van der Waals surface area (Å²) in [4.78, 5) is 23.1. The van der Waals surface area contributed by atoms with Gasteiger partial charge in [0.2, 0.25) is 0 Å². The predicted molar refractivity (Wildman–Crippen MR) is 70.5 cm³/mol. The number of carbonyl (C=O) groups is 2. The highest BCUT2D eigenvalue weighted by molar-refractivity contribution is 5.97. The van der Waals surface area contributed by atoms with Crippen LogP contribution in [0.2, 0.25) is 0 Å². The molecular weight excluding hydrogens is 264 g/mol. The molecule has 0 aliphatic carbocycles. The lowest BCUT2D eigenvalue weighted by molar-refractivity contribution is -0.0813. The van der Waals surface area contributed by atoms with Crippen LogP contribution in [0, 0.1) is 0 Å². The fourth-order valence-electron chi connectivity index (χ4n) is 1.83. The van der Waals surface area contributed by atoms with Crippen LogP contribution in [0.25, 0.3) is 0 Å². The number of benzene rings is 1. The molecule has 1 aromatic rings. The molecule has 6 heteroatoms. The molecule has 0 spiro atoms. The van der Waals surface area contributed by atoms with Crippen LogP contribution in [0.1, 0.15) is 46.0 Å². The predicted octanol–water partition coefficient (Wildman–Crippen LogP) is 1.19. The second-order valence-corrected chi connectivity index (χ2v) is 4.32. The summed E-state index contributed by atoms with van der Waals surface area (Å²) in [5, 5.41) is 26.5. The van der Waals surface area contributed by atoms with E-state index in [-0.39, 0.29) is 11.1 Å². The first kappa shape index (κ1) is 16.1. The third-order valence-electron chi connectivity index (χ3n) is 2.77. The number of aromatic carboxylic acids is 1. The van der Waals surface area contributed by atoms with E-state index in [1.54, 1.807) is 0 Å². The maximum atomic E-state index is 11.9. The van der Waals surface area contributed by atoms with E-state index < -0.39 is 24.8 Å². The molecule has 0 atom stereocenters. The molecule has 0 saturated carbocycles. The van der Waals surface area contributed by atoms with Crippen molar-refractivity contribution in [2.45, 2.75) is 32.5 Å². The average molecular weight is 282 g/mol. The summed E-state index contributed by atoms with van der Waals surface area (Å²) < 4.78 is 4.71. The Morgan fingerprint density at radius 2 is 1.90 bits per heavy atom. The second kappa shape index (κ2) is 7.62. The van der Waals surface area contributed by atoms with E-state index in [0.717, 1.165) is 12.8 Å². The van der Waals surface area contributed by atoms with Crippen molar-refractivity contribution < 1.29 is 29.6 Å². The van der Waals surface area contributed by atoms with Gasteiger partial charge in [-0.15, -0.1) is 0 Å². The number of carboxylic acid groups (broad SMARTS) is 1. The molecule has 1 rings (SSSR count).